The Bertz CT molecular complexity index is 570. The largest absolute Gasteiger partial charge is 0.310 e. The van der Waals surface area contributed by atoms with E-state index in [2.05, 4.69) is 22.6 Å². The van der Waals surface area contributed by atoms with Crippen molar-refractivity contribution >= 4 is 11.6 Å². The molecule has 1 atom stereocenters. The van der Waals surface area contributed by atoms with Crippen LogP contribution in [0.4, 0.5) is 4.39 Å². The van der Waals surface area contributed by atoms with Crippen LogP contribution in [-0.2, 0) is 13.5 Å². The predicted octanol–water partition coefficient (Wildman–Crippen LogP) is 2.89. The first kappa shape index (κ1) is 14.9. The zero-order chi connectivity index (χ0) is 14.5. The third-order valence-corrected chi connectivity index (χ3v) is 3.46. The van der Waals surface area contributed by atoms with E-state index in [-0.39, 0.29) is 11.1 Å². The van der Waals surface area contributed by atoms with Gasteiger partial charge < -0.3 is 5.32 Å². The Hall–Kier alpha value is -1.46. The van der Waals surface area contributed by atoms with Gasteiger partial charge in [0, 0.05) is 25.7 Å². The van der Waals surface area contributed by atoms with Crippen LogP contribution in [-0.4, -0.2) is 21.5 Å². The number of aryl methyl sites for hydroxylation is 1. The van der Waals surface area contributed by atoms with Gasteiger partial charge in [-0.1, -0.05) is 35.9 Å². The van der Waals surface area contributed by atoms with Gasteiger partial charge in [0.1, 0.15) is 5.82 Å². The first-order valence-corrected chi connectivity index (χ1v) is 7.02. The number of nitrogens with one attached hydrogen (secondary N) is 1. The molecular formula is C14H18ClFN4. The number of halogens is 2. The van der Waals surface area contributed by atoms with Crippen molar-refractivity contribution in [3.05, 3.63) is 46.5 Å². The SMILES string of the molecule is CCCNC(Cc1cn(C)nn1)c1cccc(F)c1Cl. The van der Waals surface area contributed by atoms with E-state index < -0.39 is 5.82 Å². The monoisotopic (exact) mass is 296 g/mol. The fraction of sp³-hybridized carbons (Fsp3) is 0.429. The summed E-state index contributed by atoms with van der Waals surface area (Å²) in [6, 6.07) is 4.81. The number of rotatable bonds is 6. The Labute approximate surface area is 122 Å². The highest BCUT2D eigenvalue weighted by Crippen LogP contribution is 2.27. The Morgan fingerprint density at radius 3 is 2.90 bits per heavy atom. The minimum Gasteiger partial charge on any atom is -0.310 e. The standard InChI is InChI=1S/C14H18ClFN4/c1-3-7-17-13(8-10-9-20(2)19-18-10)11-5-4-6-12(16)14(11)15/h4-6,9,13,17H,3,7-8H2,1-2H3. The summed E-state index contributed by atoms with van der Waals surface area (Å²) in [6.45, 7) is 2.91. The molecule has 6 heteroatoms. The predicted molar refractivity (Wildman–Crippen MR) is 77.2 cm³/mol. The summed E-state index contributed by atoms with van der Waals surface area (Å²) < 4.78 is 15.3. The average Bonchev–Trinajstić information content (AvgIpc) is 2.83. The van der Waals surface area contributed by atoms with Crippen molar-refractivity contribution in [2.24, 2.45) is 7.05 Å². The summed E-state index contributed by atoms with van der Waals surface area (Å²) in [7, 11) is 1.82. The van der Waals surface area contributed by atoms with Crippen LogP contribution < -0.4 is 5.32 Å². The van der Waals surface area contributed by atoms with Crippen molar-refractivity contribution in [2.45, 2.75) is 25.8 Å². The zero-order valence-corrected chi connectivity index (χ0v) is 12.4. The van der Waals surface area contributed by atoms with Crippen molar-refractivity contribution in [3.8, 4) is 0 Å². The summed E-state index contributed by atoms with van der Waals surface area (Å²) >= 11 is 6.08. The minimum atomic E-state index is -0.397. The molecule has 0 amide bonds. The molecule has 2 aromatic rings. The first-order valence-electron chi connectivity index (χ1n) is 6.64. The van der Waals surface area contributed by atoms with Crippen LogP contribution in [0, 0.1) is 5.82 Å². The lowest BCUT2D eigenvalue weighted by Gasteiger charge is -2.19. The molecule has 0 aliphatic heterocycles. The Kier molecular flexibility index (Phi) is 5.09. The number of aromatic nitrogens is 3. The van der Waals surface area contributed by atoms with E-state index in [0.29, 0.717) is 6.42 Å². The third kappa shape index (κ3) is 3.55. The van der Waals surface area contributed by atoms with Gasteiger partial charge in [-0.05, 0) is 24.6 Å². The average molecular weight is 297 g/mol. The van der Waals surface area contributed by atoms with Gasteiger partial charge in [0.2, 0.25) is 0 Å². The van der Waals surface area contributed by atoms with Gasteiger partial charge in [0.05, 0.1) is 10.7 Å². The molecule has 20 heavy (non-hydrogen) atoms. The maximum atomic E-state index is 13.6. The van der Waals surface area contributed by atoms with Crippen LogP contribution in [0.15, 0.2) is 24.4 Å². The minimum absolute atomic E-state index is 0.0742. The lowest BCUT2D eigenvalue weighted by molar-refractivity contribution is 0.519. The Balaban J connectivity index is 2.24. The smallest absolute Gasteiger partial charge is 0.142 e. The van der Waals surface area contributed by atoms with Crippen LogP contribution >= 0.6 is 11.6 Å². The van der Waals surface area contributed by atoms with E-state index in [1.54, 1.807) is 10.7 Å². The molecule has 0 fully saturated rings. The second-order valence-electron chi connectivity index (χ2n) is 4.74. The lowest BCUT2D eigenvalue weighted by atomic mass is 10.0. The normalized spacial score (nSPS) is 12.6. The van der Waals surface area contributed by atoms with Gasteiger partial charge in [0.25, 0.3) is 0 Å². The maximum Gasteiger partial charge on any atom is 0.142 e. The molecule has 0 radical (unpaired) electrons. The molecular weight excluding hydrogens is 279 g/mol. The fourth-order valence-electron chi connectivity index (χ4n) is 2.10. The molecule has 108 valence electrons. The van der Waals surface area contributed by atoms with Gasteiger partial charge in [-0.25, -0.2) is 4.39 Å². The van der Waals surface area contributed by atoms with E-state index in [1.165, 1.54) is 6.07 Å². The molecule has 1 aromatic heterocycles. The van der Waals surface area contributed by atoms with Gasteiger partial charge in [-0.3, -0.25) is 4.68 Å². The molecule has 0 aliphatic carbocycles. The van der Waals surface area contributed by atoms with Crippen LogP contribution in [0.5, 0.6) is 0 Å². The molecule has 0 spiro atoms. The highest BCUT2D eigenvalue weighted by atomic mass is 35.5. The second-order valence-corrected chi connectivity index (χ2v) is 5.12. The third-order valence-electron chi connectivity index (χ3n) is 3.06. The molecule has 1 heterocycles. The Morgan fingerprint density at radius 2 is 2.25 bits per heavy atom. The van der Waals surface area contributed by atoms with Crippen LogP contribution in [0.3, 0.4) is 0 Å². The van der Waals surface area contributed by atoms with Crippen LogP contribution in [0.1, 0.15) is 30.6 Å². The van der Waals surface area contributed by atoms with Gasteiger partial charge >= 0.3 is 0 Å². The first-order chi connectivity index (χ1) is 9.61. The number of hydrogen-bond donors (Lipinski definition) is 1. The van der Waals surface area contributed by atoms with Gasteiger partial charge in [0.15, 0.2) is 0 Å². The van der Waals surface area contributed by atoms with Crippen molar-refractivity contribution in [1.29, 1.82) is 0 Å². The van der Waals surface area contributed by atoms with Crippen molar-refractivity contribution in [1.82, 2.24) is 20.3 Å². The van der Waals surface area contributed by atoms with Crippen molar-refractivity contribution < 1.29 is 4.39 Å². The maximum absolute atomic E-state index is 13.6. The highest BCUT2D eigenvalue weighted by Gasteiger charge is 2.18. The molecule has 1 aromatic carbocycles. The van der Waals surface area contributed by atoms with E-state index in [1.807, 2.05) is 19.3 Å². The topological polar surface area (TPSA) is 42.7 Å². The number of nitrogens with zero attached hydrogens (tertiary/aromatic N) is 3. The van der Waals surface area contributed by atoms with Gasteiger partial charge in [-0.15, -0.1) is 5.10 Å². The summed E-state index contributed by atoms with van der Waals surface area (Å²) in [4.78, 5) is 0. The van der Waals surface area contributed by atoms with E-state index in [9.17, 15) is 4.39 Å². The van der Waals surface area contributed by atoms with E-state index >= 15 is 0 Å². The highest BCUT2D eigenvalue weighted by molar-refractivity contribution is 6.31. The van der Waals surface area contributed by atoms with Crippen LogP contribution in [0.2, 0.25) is 5.02 Å². The van der Waals surface area contributed by atoms with Crippen molar-refractivity contribution in [3.63, 3.8) is 0 Å². The summed E-state index contributed by atoms with van der Waals surface area (Å²) in [6.07, 6.45) is 3.47. The molecule has 0 saturated carbocycles. The number of hydrogen-bond acceptors (Lipinski definition) is 3. The Morgan fingerprint density at radius 1 is 1.45 bits per heavy atom. The van der Waals surface area contributed by atoms with Gasteiger partial charge in [-0.2, -0.15) is 0 Å². The summed E-state index contributed by atoms with van der Waals surface area (Å²) in [5, 5.41) is 11.5. The summed E-state index contributed by atoms with van der Waals surface area (Å²) in [5.41, 5.74) is 1.60. The fourth-order valence-corrected chi connectivity index (χ4v) is 2.36. The van der Waals surface area contributed by atoms with E-state index in [4.69, 9.17) is 11.6 Å². The molecule has 0 bridgehead atoms. The molecule has 0 aliphatic rings. The second kappa shape index (κ2) is 6.81. The lowest BCUT2D eigenvalue weighted by Crippen LogP contribution is -2.24. The molecule has 0 saturated heterocycles. The summed E-state index contributed by atoms with van der Waals surface area (Å²) in [5.74, 6) is -0.397. The zero-order valence-electron chi connectivity index (χ0n) is 11.6. The molecule has 1 N–H and O–H groups in total. The molecule has 4 nitrogen and oxygen atoms in total. The molecule has 2 rings (SSSR count). The van der Waals surface area contributed by atoms with E-state index in [0.717, 1.165) is 24.2 Å². The molecule has 1 unspecified atom stereocenters. The number of benzene rings is 1. The van der Waals surface area contributed by atoms with Crippen molar-refractivity contribution in [2.75, 3.05) is 6.54 Å². The quantitative estimate of drug-likeness (QED) is 0.891. The van der Waals surface area contributed by atoms with Crippen LogP contribution in [0.25, 0.3) is 0 Å².